The van der Waals surface area contributed by atoms with Gasteiger partial charge in [0.1, 0.15) is 6.04 Å². The van der Waals surface area contributed by atoms with Crippen LogP contribution in [0.3, 0.4) is 0 Å². The van der Waals surface area contributed by atoms with Crippen LogP contribution in [0.1, 0.15) is 39.5 Å². The van der Waals surface area contributed by atoms with E-state index in [2.05, 4.69) is 5.32 Å². The van der Waals surface area contributed by atoms with Crippen molar-refractivity contribution in [1.82, 2.24) is 10.2 Å². The summed E-state index contributed by atoms with van der Waals surface area (Å²) in [6, 6.07) is -1.04. The number of nitrogens with zero attached hydrogens (tertiary/aromatic N) is 1. The fraction of sp³-hybridized carbons (Fsp3) is 0.833. The van der Waals surface area contributed by atoms with Crippen LogP contribution in [0.2, 0.25) is 0 Å². The number of hydrogen-bond acceptors (Lipinski definition) is 2. The number of hydrogen-bond donors (Lipinski definition) is 2. The van der Waals surface area contributed by atoms with Crippen LogP contribution >= 0.6 is 0 Å². The van der Waals surface area contributed by atoms with E-state index in [0.29, 0.717) is 18.9 Å². The number of rotatable bonds is 6. The Morgan fingerprint density at radius 3 is 2.41 bits per heavy atom. The fourth-order valence-corrected chi connectivity index (χ4v) is 1.92. The summed E-state index contributed by atoms with van der Waals surface area (Å²) in [5.41, 5.74) is 0. The quantitative estimate of drug-likeness (QED) is 0.744. The lowest BCUT2D eigenvalue weighted by Gasteiger charge is -2.32. The molecule has 1 rings (SSSR count). The van der Waals surface area contributed by atoms with Gasteiger partial charge in [-0.3, -0.25) is 0 Å². The molecule has 0 heterocycles. The van der Waals surface area contributed by atoms with Crippen LogP contribution in [0.5, 0.6) is 0 Å². The molecular weight excluding hydrogens is 220 g/mol. The Labute approximate surface area is 102 Å². The van der Waals surface area contributed by atoms with Crippen molar-refractivity contribution in [3.63, 3.8) is 0 Å². The highest BCUT2D eigenvalue weighted by molar-refractivity contribution is 5.82. The largest absolute Gasteiger partial charge is 0.480 e. The molecule has 5 heteroatoms. The van der Waals surface area contributed by atoms with Gasteiger partial charge in [-0.2, -0.15) is 0 Å². The Hall–Kier alpha value is -1.26. The molecule has 1 fully saturated rings. The van der Waals surface area contributed by atoms with Crippen LogP contribution in [0.15, 0.2) is 0 Å². The van der Waals surface area contributed by atoms with Gasteiger partial charge in [0.15, 0.2) is 0 Å². The van der Waals surface area contributed by atoms with Crippen molar-refractivity contribution in [2.45, 2.75) is 45.6 Å². The molecule has 0 unspecified atom stereocenters. The van der Waals surface area contributed by atoms with Gasteiger partial charge in [-0.25, -0.2) is 9.59 Å². The molecule has 0 aliphatic heterocycles. The first-order chi connectivity index (χ1) is 8.08. The molecular formula is C12H22N2O3. The summed E-state index contributed by atoms with van der Waals surface area (Å²) in [4.78, 5) is 24.4. The third-order valence-corrected chi connectivity index (χ3v) is 3.38. The van der Waals surface area contributed by atoms with Crippen LogP contribution < -0.4 is 5.32 Å². The third kappa shape index (κ3) is 3.91. The molecule has 5 nitrogen and oxygen atoms in total. The molecule has 0 bridgehead atoms. The number of nitrogens with one attached hydrogen (secondary N) is 1. The summed E-state index contributed by atoms with van der Waals surface area (Å²) < 4.78 is 0. The Morgan fingerprint density at radius 1 is 1.41 bits per heavy atom. The maximum absolute atomic E-state index is 11.9. The highest BCUT2D eigenvalue weighted by Crippen LogP contribution is 2.27. The van der Waals surface area contributed by atoms with Crippen molar-refractivity contribution in [2.75, 3.05) is 13.1 Å². The van der Waals surface area contributed by atoms with Crippen LogP contribution in [-0.4, -0.2) is 41.1 Å². The Balaban J connectivity index is 2.44. The summed E-state index contributed by atoms with van der Waals surface area (Å²) >= 11 is 0. The second-order valence-corrected chi connectivity index (χ2v) is 4.58. The predicted octanol–water partition coefficient (Wildman–Crippen LogP) is 1.68. The van der Waals surface area contributed by atoms with Crippen LogP contribution in [0.25, 0.3) is 0 Å². The smallest absolute Gasteiger partial charge is 0.326 e. The molecule has 1 aliphatic carbocycles. The van der Waals surface area contributed by atoms with Gasteiger partial charge in [-0.15, -0.1) is 0 Å². The van der Waals surface area contributed by atoms with Gasteiger partial charge in [-0.1, -0.05) is 13.3 Å². The lowest BCUT2D eigenvalue weighted by molar-refractivity contribution is -0.139. The van der Waals surface area contributed by atoms with Gasteiger partial charge in [0, 0.05) is 13.1 Å². The molecule has 98 valence electrons. The number of urea groups is 1. The molecule has 1 saturated carbocycles. The van der Waals surface area contributed by atoms with E-state index in [-0.39, 0.29) is 6.03 Å². The monoisotopic (exact) mass is 242 g/mol. The van der Waals surface area contributed by atoms with E-state index >= 15 is 0 Å². The van der Waals surface area contributed by atoms with Gasteiger partial charge >= 0.3 is 12.0 Å². The number of carboxylic acid groups (broad SMARTS) is 1. The first kappa shape index (κ1) is 13.8. The molecule has 0 radical (unpaired) electrons. The van der Waals surface area contributed by atoms with Crippen molar-refractivity contribution in [3.05, 3.63) is 0 Å². The van der Waals surface area contributed by atoms with Gasteiger partial charge in [-0.05, 0) is 32.1 Å². The van der Waals surface area contributed by atoms with Gasteiger partial charge in [0.25, 0.3) is 0 Å². The average Bonchev–Trinajstić information content (AvgIpc) is 2.23. The lowest BCUT2D eigenvalue weighted by atomic mass is 9.85. The standard InChI is InChI=1S/C12H22N2O3/c1-3-10(11(15)16)13-12(17)14(4-2)8-9-6-5-7-9/h9-10H,3-8H2,1-2H3,(H,13,17)(H,15,16)/t10-/m0/s1. The first-order valence-corrected chi connectivity index (χ1v) is 6.36. The molecule has 1 aliphatic rings. The van der Waals surface area contributed by atoms with Crippen molar-refractivity contribution in [2.24, 2.45) is 5.92 Å². The minimum atomic E-state index is -0.972. The van der Waals surface area contributed by atoms with Crippen LogP contribution in [-0.2, 0) is 4.79 Å². The van der Waals surface area contributed by atoms with Crippen molar-refractivity contribution < 1.29 is 14.7 Å². The summed E-state index contributed by atoms with van der Waals surface area (Å²) in [6.45, 7) is 5.04. The van der Waals surface area contributed by atoms with E-state index in [4.69, 9.17) is 5.11 Å². The molecule has 17 heavy (non-hydrogen) atoms. The SMILES string of the molecule is CC[C@H](NC(=O)N(CC)CC1CCC1)C(=O)O. The van der Waals surface area contributed by atoms with Crippen molar-refractivity contribution in [1.29, 1.82) is 0 Å². The second-order valence-electron chi connectivity index (χ2n) is 4.58. The maximum Gasteiger partial charge on any atom is 0.326 e. The molecule has 0 saturated heterocycles. The number of carbonyl (C=O) groups excluding carboxylic acids is 1. The highest BCUT2D eigenvalue weighted by Gasteiger charge is 2.25. The summed E-state index contributed by atoms with van der Waals surface area (Å²) in [5, 5.41) is 11.4. The zero-order chi connectivity index (χ0) is 12.8. The Bertz CT molecular complexity index is 277. The lowest BCUT2D eigenvalue weighted by Crippen LogP contribution is -2.49. The maximum atomic E-state index is 11.9. The van der Waals surface area contributed by atoms with E-state index in [1.54, 1.807) is 11.8 Å². The van der Waals surface area contributed by atoms with E-state index < -0.39 is 12.0 Å². The fourth-order valence-electron chi connectivity index (χ4n) is 1.92. The molecule has 0 spiro atoms. The normalized spacial score (nSPS) is 17.1. The van der Waals surface area contributed by atoms with E-state index in [1.165, 1.54) is 19.3 Å². The zero-order valence-corrected chi connectivity index (χ0v) is 10.6. The summed E-state index contributed by atoms with van der Waals surface area (Å²) in [7, 11) is 0. The van der Waals surface area contributed by atoms with Crippen LogP contribution in [0, 0.1) is 5.92 Å². The minimum absolute atomic E-state index is 0.256. The van der Waals surface area contributed by atoms with Crippen molar-refractivity contribution in [3.8, 4) is 0 Å². The van der Waals surface area contributed by atoms with Crippen molar-refractivity contribution >= 4 is 12.0 Å². The number of carboxylic acids is 1. The molecule has 2 N–H and O–H groups in total. The number of aliphatic carboxylic acids is 1. The van der Waals surface area contributed by atoms with Gasteiger partial charge in [0.2, 0.25) is 0 Å². The van der Waals surface area contributed by atoms with Gasteiger partial charge < -0.3 is 15.3 Å². The molecule has 1 atom stereocenters. The summed E-state index contributed by atoms with van der Waals surface area (Å²) in [5.74, 6) is -0.369. The number of amides is 2. The van der Waals surface area contributed by atoms with E-state index in [0.717, 1.165) is 6.54 Å². The number of carbonyl (C=O) groups is 2. The van der Waals surface area contributed by atoms with E-state index in [9.17, 15) is 9.59 Å². The summed E-state index contributed by atoms with van der Waals surface area (Å²) in [6.07, 6.45) is 4.01. The van der Waals surface area contributed by atoms with E-state index in [1.807, 2.05) is 6.92 Å². The zero-order valence-electron chi connectivity index (χ0n) is 10.6. The van der Waals surface area contributed by atoms with Crippen LogP contribution in [0.4, 0.5) is 4.79 Å². The molecule has 0 aromatic heterocycles. The first-order valence-electron chi connectivity index (χ1n) is 6.36. The molecule has 0 aromatic rings. The Morgan fingerprint density at radius 2 is 2.06 bits per heavy atom. The highest BCUT2D eigenvalue weighted by atomic mass is 16.4. The Kier molecular flexibility index (Phi) is 5.25. The third-order valence-electron chi connectivity index (χ3n) is 3.38. The second kappa shape index (κ2) is 6.47. The molecule has 2 amide bonds. The average molecular weight is 242 g/mol. The molecule has 0 aromatic carbocycles. The minimum Gasteiger partial charge on any atom is -0.480 e. The topological polar surface area (TPSA) is 69.6 Å². The van der Waals surface area contributed by atoms with Gasteiger partial charge in [0.05, 0.1) is 0 Å². The predicted molar refractivity (Wildman–Crippen MR) is 64.8 cm³/mol.